The molecule has 0 spiro atoms. The van der Waals surface area contributed by atoms with Crippen LogP contribution in [0.3, 0.4) is 0 Å². The third-order valence-electron chi connectivity index (χ3n) is 12.1. The highest BCUT2D eigenvalue weighted by molar-refractivity contribution is 7.14. The molecule has 3 fully saturated rings. The molecule has 4 heterocycles. The van der Waals surface area contributed by atoms with Crippen molar-refractivity contribution in [2.24, 2.45) is 5.92 Å². The summed E-state index contributed by atoms with van der Waals surface area (Å²) in [5, 5.41) is 8.78. The molecule has 2 saturated carbocycles. The largest absolute Gasteiger partial charge is 0.497 e. The Labute approximate surface area is 378 Å². The van der Waals surface area contributed by atoms with Crippen molar-refractivity contribution in [1.29, 1.82) is 0 Å². The first-order chi connectivity index (χ1) is 30.6. The van der Waals surface area contributed by atoms with Gasteiger partial charge in [-0.15, -0.1) is 11.3 Å². The number of hydrogen-bond acceptors (Lipinski definition) is 13. The molecule has 3 aromatic rings. The number of hydrogen-bond donors (Lipinski definition) is 2. The van der Waals surface area contributed by atoms with E-state index in [-0.39, 0.29) is 37.6 Å². The van der Waals surface area contributed by atoms with Crippen molar-refractivity contribution >= 4 is 57.3 Å². The second-order valence-corrected chi connectivity index (χ2v) is 19.2. The average Bonchev–Trinajstić information content (AvgIpc) is 3.68. The molecule has 2 aliphatic heterocycles. The van der Waals surface area contributed by atoms with Crippen molar-refractivity contribution in [1.82, 2.24) is 25.5 Å². The maximum Gasteiger partial charge on any atom is 0.416 e. The molecule has 4 aliphatic rings. The standard InChI is InChI=1S/C47H62N6O10S/c1-8-60-42(56)47-25-29(47)16-12-10-9-11-13-19-34(50-44(57)62-30-17-14-15-18-30)41(55)52-26-32(23-38(52)40(54)51-47)61-39-24-36(48-35-22-31(59-7)20-21-33(35)39)37-27-64-43(49-37)53(28(2)3)45(58)63-46(4,5)6/h12,16,20-22,24,27-30,32,34,38H,8-11,13-15,17-19,23,25-26H2,1-7H3,(H,50,57)(H,51,54)/t29?,32-,34+,38+,47-/m1/s1. The third kappa shape index (κ3) is 10.7. The highest BCUT2D eigenvalue weighted by Gasteiger charge is 2.62. The fraction of sp³-hybridized carbons (Fsp3) is 0.596. The fourth-order valence-corrected chi connectivity index (χ4v) is 9.69. The lowest BCUT2D eigenvalue weighted by atomic mass is 10.0. The number of allylic oxidation sites excluding steroid dienone is 1. The van der Waals surface area contributed by atoms with Crippen LogP contribution in [0.5, 0.6) is 11.5 Å². The minimum Gasteiger partial charge on any atom is -0.497 e. The number of benzene rings is 1. The molecular weight excluding hydrogens is 841 g/mol. The number of esters is 1. The molecule has 346 valence electrons. The molecule has 1 aromatic carbocycles. The van der Waals surface area contributed by atoms with Gasteiger partial charge < -0.3 is 39.2 Å². The van der Waals surface area contributed by atoms with E-state index in [0.717, 1.165) is 44.9 Å². The molecule has 0 radical (unpaired) electrons. The van der Waals surface area contributed by atoms with E-state index < -0.39 is 59.3 Å². The SMILES string of the molecule is CCOC(=O)[C@@]12CC1C=CCCCCC[C@H](NC(=O)OC1CCCC1)C(=O)N1C[C@H](Oc3cc(-c4csc(N(C(=O)OC(C)(C)C)C(C)C)n4)nc4cc(OC)ccc34)C[C@H]1C(=O)N2. The zero-order valence-electron chi connectivity index (χ0n) is 38.0. The molecule has 0 bridgehead atoms. The van der Waals surface area contributed by atoms with Crippen LogP contribution in [0.15, 0.2) is 41.8 Å². The summed E-state index contributed by atoms with van der Waals surface area (Å²) in [5.41, 5.74) is -0.461. The van der Waals surface area contributed by atoms with Crippen molar-refractivity contribution in [3.63, 3.8) is 0 Å². The summed E-state index contributed by atoms with van der Waals surface area (Å²) in [7, 11) is 1.57. The van der Waals surface area contributed by atoms with E-state index in [1.165, 1.54) is 21.1 Å². The van der Waals surface area contributed by atoms with Gasteiger partial charge in [-0.3, -0.25) is 14.5 Å². The topological polar surface area (TPSA) is 188 Å². The number of pyridine rings is 1. The first-order valence-electron chi connectivity index (χ1n) is 22.7. The summed E-state index contributed by atoms with van der Waals surface area (Å²) in [4.78, 5) is 82.2. The van der Waals surface area contributed by atoms with Gasteiger partial charge in [-0.2, -0.15) is 0 Å². The number of alkyl carbamates (subject to hydrolysis) is 1. The molecule has 1 unspecified atom stereocenters. The quantitative estimate of drug-likeness (QED) is 0.114. The van der Waals surface area contributed by atoms with Crippen molar-refractivity contribution in [2.45, 2.75) is 154 Å². The Kier molecular flexibility index (Phi) is 14.4. The van der Waals surface area contributed by atoms with Gasteiger partial charge in [0.1, 0.15) is 52.6 Å². The zero-order valence-corrected chi connectivity index (χ0v) is 38.8. The van der Waals surface area contributed by atoms with Gasteiger partial charge in [-0.05, 0) is 105 Å². The van der Waals surface area contributed by atoms with Crippen LogP contribution in [0.25, 0.3) is 22.3 Å². The number of carbonyl (C=O) groups excluding carboxylic acids is 5. The normalized spacial score (nSPS) is 24.2. The Morgan fingerprint density at radius 2 is 1.78 bits per heavy atom. The first-order valence-corrected chi connectivity index (χ1v) is 23.5. The lowest BCUT2D eigenvalue weighted by Gasteiger charge is -2.29. The van der Waals surface area contributed by atoms with Crippen LogP contribution in [-0.2, 0) is 28.6 Å². The van der Waals surface area contributed by atoms with Crippen molar-refractivity contribution in [3.8, 4) is 22.9 Å². The van der Waals surface area contributed by atoms with E-state index >= 15 is 0 Å². The van der Waals surface area contributed by atoms with Crippen molar-refractivity contribution < 1.29 is 47.7 Å². The number of nitrogens with one attached hydrogen (secondary N) is 2. The maximum absolute atomic E-state index is 14.8. The number of carbonyl (C=O) groups is 5. The summed E-state index contributed by atoms with van der Waals surface area (Å²) < 4.78 is 29.3. The Bertz CT molecular complexity index is 2230. The van der Waals surface area contributed by atoms with E-state index in [1.54, 1.807) is 32.2 Å². The molecule has 5 atom stereocenters. The van der Waals surface area contributed by atoms with Gasteiger partial charge in [0.2, 0.25) is 11.8 Å². The molecule has 64 heavy (non-hydrogen) atoms. The van der Waals surface area contributed by atoms with Crippen LogP contribution < -0.4 is 25.0 Å². The van der Waals surface area contributed by atoms with Gasteiger partial charge in [0, 0.05) is 41.3 Å². The Balaban J connectivity index is 1.22. The van der Waals surface area contributed by atoms with Crippen LogP contribution in [0.4, 0.5) is 14.7 Å². The van der Waals surface area contributed by atoms with E-state index in [9.17, 15) is 24.0 Å². The van der Waals surface area contributed by atoms with Gasteiger partial charge in [-0.25, -0.2) is 24.4 Å². The monoisotopic (exact) mass is 902 g/mol. The zero-order chi connectivity index (χ0) is 45.8. The van der Waals surface area contributed by atoms with Crippen molar-refractivity contribution in [2.75, 3.05) is 25.2 Å². The molecule has 7 rings (SSSR count). The smallest absolute Gasteiger partial charge is 0.416 e. The van der Waals surface area contributed by atoms with Crippen LogP contribution in [0, 0.1) is 5.92 Å². The van der Waals surface area contributed by atoms with Gasteiger partial charge in [0.05, 0.1) is 31.5 Å². The Morgan fingerprint density at radius 3 is 2.50 bits per heavy atom. The predicted molar refractivity (Wildman–Crippen MR) is 241 cm³/mol. The maximum atomic E-state index is 14.8. The van der Waals surface area contributed by atoms with Crippen molar-refractivity contribution in [3.05, 3.63) is 41.8 Å². The summed E-state index contributed by atoms with van der Waals surface area (Å²) in [6.45, 7) is 11.1. The minimum absolute atomic E-state index is 0.0118. The molecule has 2 aliphatic carbocycles. The number of nitrogens with zero attached hydrogens (tertiary/aromatic N) is 4. The summed E-state index contributed by atoms with van der Waals surface area (Å²) in [5.74, 6) is -0.708. The van der Waals surface area contributed by atoms with E-state index in [0.29, 0.717) is 58.2 Å². The molecule has 17 heteroatoms. The van der Waals surface area contributed by atoms with E-state index in [4.69, 9.17) is 33.7 Å². The number of methoxy groups -OCH3 is 1. The Hall–Kier alpha value is -5.45. The summed E-state index contributed by atoms with van der Waals surface area (Å²) >= 11 is 1.28. The predicted octanol–water partition coefficient (Wildman–Crippen LogP) is 7.86. The second kappa shape index (κ2) is 19.7. The van der Waals surface area contributed by atoms with Crippen LogP contribution >= 0.6 is 11.3 Å². The van der Waals surface area contributed by atoms with E-state index in [1.807, 2.05) is 58.2 Å². The number of rotatable bonds is 10. The molecular formula is C47H62N6O10S. The van der Waals surface area contributed by atoms with Crippen LogP contribution in [0.2, 0.25) is 0 Å². The molecule has 1 saturated heterocycles. The number of amides is 4. The Morgan fingerprint density at radius 1 is 1.02 bits per heavy atom. The third-order valence-corrected chi connectivity index (χ3v) is 12.9. The molecule has 4 amide bonds. The second-order valence-electron chi connectivity index (χ2n) is 18.4. The molecule has 2 N–H and O–H groups in total. The summed E-state index contributed by atoms with van der Waals surface area (Å²) in [6, 6.07) is 4.93. The van der Waals surface area contributed by atoms with Gasteiger partial charge in [0.25, 0.3) is 0 Å². The number of fused-ring (bicyclic) bond motifs is 3. The molecule has 16 nitrogen and oxygen atoms in total. The highest BCUT2D eigenvalue weighted by Crippen LogP contribution is 2.46. The average molecular weight is 903 g/mol. The number of aromatic nitrogens is 2. The van der Waals surface area contributed by atoms with Gasteiger partial charge in [0.15, 0.2) is 5.13 Å². The van der Waals surface area contributed by atoms with E-state index in [2.05, 4.69) is 10.6 Å². The number of ether oxygens (including phenoxy) is 5. The van der Waals surface area contributed by atoms with Gasteiger partial charge in [-0.1, -0.05) is 25.0 Å². The van der Waals surface area contributed by atoms with Gasteiger partial charge >= 0.3 is 18.2 Å². The lowest BCUT2D eigenvalue weighted by Crippen LogP contribution is -2.56. The summed E-state index contributed by atoms with van der Waals surface area (Å²) in [6.07, 6.45) is 9.39. The first kappa shape index (κ1) is 46.5. The fourth-order valence-electron chi connectivity index (χ4n) is 8.75. The molecule has 2 aromatic heterocycles. The number of anilines is 1. The highest BCUT2D eigenvalue weighted by atomic mass is 32.1. The lowest BCUT2D eigenvalue weighted by molar-refractivity contribution is -0.150. The van der Waals surface area contributed by atoms with Crippen LogP contribution in [-0.4, -0.2) is 107 Å². The minimum atomic E-state index is -1.25. The number of thiazole rings is 1. The van der Waals surface area contributed by atoms with Crippen LogP contribution in [0.1, 0.15) is 112 Å².